The molecule has 1 aromatic heterocycles. The second-order valence-corrected chi connectivity index (χ2v) is 6.74. The lowest BCUT2D eigenvalue weighted by atomic mass is 10.0. The molecule has 1 saturated heterocycles. The molecule has 0 spiro atoms. The van der Waals surface area contributed by atoms with E-state index < -0.39 is 0 Å². The van der Waals surface area contributed by atoms with Gasteiger partial charge in [0, 0.05) is 17.1 Å². The predicted octanol–water partition coefficient (Wildman–Crippen LogP) is 3.03. The van der Waals surface area contributed by atoms with Crippen molar-refractivity contribution < 1.29 is 0 Å². The summed E-state index contributed by atoms with van der Waals surface area (Å²) >= 11 is 3.41. The zero-order valence-corrected chi connectivity index (χ0v) is 13.8. The molecule has 0 N–H and O–H groups in total. The van der Waals surface area contributed by atoms with E-state index in [2.05, 4.69) is 32.9 Å². The molecule has 1 aromatic carbocycles. The van der Waals surface area contributed by atoms with Gasteiger partial charge in [0.15, 0.2) is 0 Å². The van der Waals surface area contributed by atoms with Crippen molar-refractivity contribution in [2.75, 3.05) is 13.6 Å². The lowest BCUT2D eigenvalue weighted by Crippen LogP contribution is -2.37. The number of piperidine rings is 1. The summed E-state index contributed by atoms with van der Waals surface area (Å²) in [6.45, 7) is 1.91. The van der Waals surface area contributed by atoms with Crippen molar-refractivity contribution in [2.24, 2.45) is 0 Å². The molecule has 1 aliphatic heterocycles. The van der Waals surface area contributed by atoms with Gasteiger partial charge >= 0.3 is 0 Å². The van der Waals surface area contributed by atoms with Crippen molar-refractivity contribution in [2.45, 2.75) is 38.3 Å². The standard InChI is InChI=1S/C16H20BrN3O/c1-19-8-3-2-4-13(19)7-9-20-11-18-15-10-12(17)5-6-14(15)16(20)21/h5-6,10-11,13H,2-4,7-9H2,1H3. The molecule has 0 saturated carbocycles. The second kappa shape index (κ2) is 6.28. The first-order valence-electron chi connectivity index (χ1n) is 7.50. The molecule has 0 aliphatic carbocycles. The van der Waals surface area contributed by atoms with E-state index in [1.165, 1.54) is 25.8 Å². The Balaban J connectivity index is 1.79. The summed E-state index contributed by atoms with van der Waals surface area (Å²) in [6, 6.07) is 6.21. The van der Waals surface area contributed by atoms with Crippen LogP contribution >= 0.6 is 15.9 Å². The first-order valence-corrected chi connectivity index (χ1v) is 8.29. The number of hydrogen-bond donors (Lipinski definition) is 0. The summed E-state index contributed by atoms with van der Waals surface area (Å²) in [7, 11) is 2.18. The number of aromatic nitrogens is 2. The van der Waals surface area contributed by atoms with Crippen molar-refractivity contribution in [1.82, 2.24) is 14.5 Å². The van der Waals surface area contributed by atoms with Crippen LogP contribution in [0.5, 0.6) is 0 Å². The van der Waals surface area contributed by atoms with E-state index >= 15 is 0 Å². The summed E-state index contributed by atoms with van der Waals surface area (Å²) in [4.78, 5) is 19.3. The fourth-order valence-corrected chi connectivity index (χ4v) is 3.44. The average Bonchev–Trinajstić information content (AvgIpc) is 2.48. The topological polar surface area (TPSA) is 38.1 Å². The molecule has 0 amide bonds. The molecule has 0 radical (unpaired) electrons. The minimum absolute atomic E-state index is 0.0611. The quantitative estimate of drug-likeness (QED) is 0.854. The van der Waals surface area contributed by atoms with E-state index in [9.17, 15) is 4.79 Å². The van der Waals surface area contributed by atoms with Gasteiger partial charge in [-0.3, -0.25) is 9.36 Å². The maximum Gasteiger partial charge on any atom is 0.261 e. The summed E-state index contributed by atoms with van der Waals surface area (Å²) in [5.74, 6) is 0. The minimum Gasteiger partial charge on any atom is -0.303 e. The highest BCUT2D eigenvalue weighted by Crippen LogP contribution is 2.18. The fourth-order valence-electron chi connectivity index (χ4n) is 3.09. The smallest absolute Gasteiger partial charge is 0.261 e. The van der Waals surface area contributed by atoms with Crippen LogP contribution in [-0.4, -0.2) is 34.1 Å². The summed E-state index contributed by atoms with van der Waals surface area (Å²) in [5, 5.41) is 0.692. The second-order valence-electron chi connectivity index (χ2n) is 5.82. The van der Waals surface area contributed by atoms with Gasteiger partial charge in [0.2, 0.25) is 0 Å². The lowest BCUT2D eigenvalue weighted by Gasteiger charge is -2.32. The Bertz CT molecular complexity index is 697. The molecule has 0 bridgehead atoms. The third-order valence-electron chi connectivity index (χ3n) is 4.41. The summed E-state index contributed by atoms with van der Waals surface area (Å²) in [6.07, 6.45) is 6.52. The van der Waals surface area contributed by atoms with E-state index in [-0.39, 0.29) is 5.56 Å². The van der Waals surface area contributed by atoms with Gasteiger partial charge in [0.25, 0.3) is 5.56 Å². The number of halogens is 1. The van der Waals surface area contributed by atoms with Crippen LogP contribution < -0.4 is 5.56 Å². The van der Waals surface area contributed by atoms with Crippen molar-refractivity contribution in [3.63, 3.8) is 0 Å². The van der Waals surface area contributed by atoms with E-state index in [0.29, 0.717) is 11.4 Å². The van der Waals surface area contributed by atoms with Gasteiger partial charge in [-0.15, -0.1) is 0 Å². The highest BCUT2D eigenvalue weighted by molar-refractivity contribution is 9.10. The summed E-state index contributed by atoms with van der Waals surface area (Å²) in [5.41, 5.74) is 0.811. The van der Waals surface area contributed by atoms with Crippen LogP contribution in [0.25, 0.3) is 10.9 Å². The average molecular weight is 350 g/mol. The Hall–Kier alpha value is -1.20. The number of aryl methyl sites for hydroxylation is 1. The van der Waals surface area contributed by atoms with Gasteiger partial charge < -0.3 is 4.90 Å². The molecule has 3 rings (SSSR count). The highest BCUT2D eigenvalue weighted by atomic mass is 79.9. The molecule has 1 fully saturated rings. The molecule has 1 unspecified atom stereocenters. The Kier molecular flexibility index (Phi) is 4.40. The number of nitrogens with zero attached hydrogens (tertiary/aromatic N) is 3. The fraction of sp³-hybridized carbons (Fsp3) is 0.500. The van der Waals surface area contributed by atoms with Crippen molar-refractivity contribution in [1.29, 1.82) is 0 Å². The summed E-state index contributed by atoms with van der Waals surface area (Å²) < 4.78 is 2.70. The van der Waals surface area contributed by atoms with Gasteiger partial charge in [-0.1, -0.05) is 22.4 Å². The Morgan fingerprint density at radius 2 is 2.24 bits per heavy atom. The van der Waals surface area contributed by atoms with Crippen molar-refractivity contribution in [3.8, 4) is 0 Å². The molecular weight excluding hydrogens is 330 g/mol. The largest absolute Gasteiger partial charge is 0.303 e. The molecule has 4 nitrogen and oxygen atoms in total. The molecule has 2 aromatic rings. The predicted molar refractivity (Wildman–Crippen MR) is 88.6 cm³/mol. The Morgan fingerprint density at radius 3 is 3.05 bits per heavy atom. The number of benzene rings is 1. The van der Waals surface area contributed by atoms with Crippen molar-refractivity contribution in [3.05, 3.63) is 39.4 Å². The number of rotatable bonds is 3. The van der Waals surface area contributed by atoms with Crippen LogP contribution in [0, 0.1) is 0 Å². The van der Waals surface area contributed by atoms with Gasteiger partial charge in [-0.2, -0.15) is 0 Å². The molecule has 1 atom stereocenters. The van der Waals surface area contributed by atoms with Gasteiger partial charge in [-0.25, -0.2) is 4.98 Å². The van der Waals surface area contributed by atoms with E-state index in [1.54, 1.807) is 10.9 Å². The zero-order chi connectivity index (χ0) is 14.8. The van der Waals surface area contributed by atoms with Crippen LogP contribution in [0.3, 0.4) is 0 Å². The van der Waals surface area contributed by atoms with Crippen LogP contribution in [-0.2, 0) is 6.54 Å². The van der Waals surface area contributed by atoms with Gasteiger partial charge in [-0.05, 0) is 51.1 Å². The molecular formula is C16H20BrN3O. The van der Waals surface area contributed by atoms with E-state index in [0.717, 1.165) is 23.0 Å². The van der Waals surface area contributed by atoms with Crippen LogP contribution in [0.2, 0.25) is 0 Å². The Labute approximate surface area is 132 Å². The molecule has 2 heterocycles. The third-order valence-corrected chi connectivity index (χ3v) is 4.91. The SMILES string of the molecule is CN1CCCCC1CCn1cnc2cc(Br)ccc2c1=O. The lowest BCUT2D eigenvalue weighted by molar-refractivity contribution is 0.170. The maximum atomic E-state index is 12.5. The first kappa shape index (κ1) is 14.7. The first-order chi connectivity index (χ1) is 10.1. The molecule has 112 valence electrons. The van der Waals surface area contributed by atoms with Crippen LogP contribution in [0.15, 0.2) is 33.8 Å². The van der Waals surface area contributed by atoms with E-state index in [4.69, 9.17) is 0 Å². The zero-order valence-electron chi connectivity index (χ0n) is 12.3. The molecule has 21 heavy (non-hydrogen) atoms. The molecule has 5 heteroatoms. The molecule has 1 aliphatic rings. The monoisotopic (exact) mass is 349 g/mol. The van der Waals surface area contributed by atoms with E-state index in [1.807, 2.05) is 18.2 Å². The van der Waals surface area contributed by atoms with Gasteiger partial charge in [0.1, 0.15) is 0 Å². The number of hydrogen-bond acceptors (Lipinski definition) is 3. The van der Waals surface area contributed by atoms with Crippen molar-refractivity contribution >= 4 is 26.8 Å². The van der Waals surface area contributed by atoms with Gasteiger partial charge in [0.05, 0.1) is 17.2 Å². The third kappa shape index (κ3) is 3.19. The number of likely N-dealkylation sites (tertiary alicyclic amines) is 1. The minimum atomic E-state index is 0.0611. The van der Waals surface area contributed by atoms with Crippen LogP contribution in [0.4, 0.5) is 0 Å². The normalized spacial score (nSPS) is 20.0. The highest BCUT2D eigenvalue weighted by Gasteiger charge is 2.18. The number of fused-ring (bicyclic) bond motifs is 1. The maximum absolute atomic E-state index is 12.5. The Morgan fingerprint density at radius 1 is 1.38 bits per heavy atom. The van der Waals surface area contributed by atoms with Crippen LogP contribution in [0.1, 0.15) is 25.7 Å².